The fourth-order valence-electron chi connectivity index (χ4n) is 1.74. The van der Waals surface area contributed by atoms with Gasteiger partial charge in [0.25, 0.3) is 0 Å². The number of aryl methyl sites for hydroxylation is 1. The molecule has 0 N–H and O–H groups in total. The van der Waals surface area contributed by atoms with Gasteiger partial charge in [0.05, 0.1) is 10.7 Å². The minimum Gasteiger partial charge on any atom is -0.338 e. The minimum atomic E-state index is -0.416. The predicted molar refractivity (Wildman–Crippen MR) is 83.8 cm³/mol. The summed E-state index contributed by atoms with van der Waals surface area (Å²) in [6.07, 6.45) is 3.06. The zero-order valence-corrected chi connectivity index (χ0v) is 13.2. The lowest BCUT2D eigenvalue weighted by Gasteiger charge is -2.16. The highest BCUT2D eigenvalue weighted by Crippen LogP contribution is 2.20. The van der Waals surface area contributed by atoms with Gasteiger partial charge in [-0.1, -0.05) is 17.7 Å². The number of aromatic nitrogens is 1. The molecule has 3 nitrogen and oxygen atoms in total. The number of carbonyl (C=O) groups is 1. The average Bonchev–Trinajstić information content (AvgIpc) is 2.86. The van der Waals surface area contributed by atoms with Crippen LogP contribution in [0.2, 0.25) is 5.02 Å². The second kappa shape index (κ2) is 6.83. The van der Waals surface area contributed by atoms with Gasteiger partial charge in [-0.15, -0.1) is 11.3 Å². The number of amides is 1. The molecule has 2 rings (SSSR count). The van der Waals surface area contributed by atoms with Gasteiger partial charge in [0.15, 0.2) is 0 Å². The Labute approximate surface area is 131 Å². The van der Waals surface area contributed by atoms with Crippen molar-refractivity contribution in [3.05, 3.63) is 56.8 Å². The van der Waals surface area contributed by atoms with Crippen molar-refractivity contribution in [2.75, 3.05) is 7.05 Å². The standard InChI is InChI=1S/C15H14ClFN2OS/c1-10-18-11(9-21-10)6-7-15(20)19(2)8-12-13(16)4-3-5-14(12)17/h3-7,9H,8H2,1-2H3/b7-6-. The van der Waals surface area contributed by atoms with Gasteiger partial charge < -0.3 is 4.90 Å². The molecular formula is C15H14ClFN2OS. The van der Waals surface area contributed by atoms with Crippen molar-refractivity contribution in [2.24, 2.45) is 0 Å². The average molecular weight is 325 g/mol. The molecule has 0 atom stereocenters. The second-order valence-electron chi connectivity index (χ2n) is 4.52. The lowest BCUT2D eigenvalue weighted by atomic mass is 10.2. The highest BCUT2D eigenvalue weighted by Gasteiger charge is 2.12. The molecule has 0 unspecified atom stereocenters. The third kappa shape index (κ3) is 4.12. The Bertz CT molecular complexity index is 664. The third-order valence-electron chi connectivity index (χ3n) is 2.87. The number of rotatable bonds is 4. The Morgan fingerprint density at radius 1 is 1.52 bits per heavy atom. The molecule has 1 heterocycles. The van der Waals surface area contributed by atoms with E-state index in [2.05, 4.69) is 4.98 Å². The van der Waals surface area contributed by atoms with Crippen molar-refractivity contribution in [2.45, 2.75) is 13.5 Å². The molecule has 0 aliphatic heterocycles. The Balaban J connectivity index is 2.04. The number of hydrogen-bond donors (Lipinski definition) is 0. The van der Waals surface area contributed by atoms with Crippen LogP contribution in [-0.2, 0) is 11.3 Å². The summed E-state index contributed by atoms with van der Waals surface area (Å²) in [7, 11) is 1.60. The monoisotopic (exact) mass is 324 g/mol. The summed E-state index contributed by atoms with van der Waals surface area (Å²) in [5, 5.41) is 3.12. The van der Waals surface area contributed by atoms with Gasteiger partial charge in [-0.2, -0.15) is 0 Å². The molecule has 0 aliphatic rings. The van der Waals surface area contributed by atoms with Crippen LogP contribution in [0.15, 0.2) is 29.7 Å². The molecular weight excluding hydrogens is 311 g/mol. The smallest absolute Gasteiger partial charge is 0.246 e. The molecule has 0 saturated heterocycles. The van der Waals surface area contributed by atoms with E-state index >= 15 is 0 Å². The topological polar surface area (TPSA) is 33.2 Å². The van der Waals surface area contributed by atoms with Gasteiger partial charge in [0, 0.05) is 35.6 Å². The van der Waals surface area contributed by atoms with E-state index < -0.39 is 5.82 Å². The van der Waals surface area contributed by atoms with Gasteiger partial charge >= 0.3 is 0 Å². The van der Waals surface area contributed by atoms with E-state index in [-0.39, 0.29) is 12.5 Å². The summed E-state index contributed by atoms with van der Waals surface area (Å²) in [4.78, 5) is 17.6. The molecule has 2 aromatic rings. The number of carbonyl (C=O) groups excluding carboxylic acids is 1. The number of thiazole rings is 1. The molecule has 110 valence electrons. The normalized spacial score (nSPS) is 11.0. The Kier molecular flexibility index (Phi) is 5.09. The van der Waals surface area contributed by atoms with Crippen molar-refractivity contribution >= 4 is 34.9 Å². The predicted octanol–water partition coefficient (Wildman–Crippen LogP) is 3.92. The summed E-state index contributed by atoms with van der Waals surface area (Å²) in [5.41, 5.74) is 1.05. The maximum atomic E-state index is 13.7. The maximum Gasteiger partial charge on any atom is 0.246 e. The number of halogens is 2. The van der Waals surface area contributed by atoms with Crippen molar-refractivity contribution in [1.29, 1.82) is 0 Å². The van der Waals surface area contributed by atoms with Gasteiger partial charge in [-0.3, -0.25) is 4.79 Å². The fraction of sp³-hybridized carbons (Fsp3) is 0.200. The van der Waals surface area contributed by atoms with Gasteiger partial charge in [-0.05, 0) is 25.1 Å². The largest absolute Gasteiger partial charge is 0.338 e. The van der Waals surface area contributed by atoms with E-state index in [4.69, 9.17) is 11.6 Å². The second-order valence-corrected chi connectivity index (χ2v) is 5.99. The van der Waals surface area contributed by atoms with Crippen LogP contribution in [-0.4, -0.2) is 22.8 Å². The van der Waals surface area contributed by atoms with Crippen LogP contribution in [0.25, 0.3) is 6.08 Å². The van der Waals surface area contributed by atoms with Crippen LogP contribution in [0.3, 0.4) is 0 Å². The first-order valence-electron chi connectivity index (χ1n) is 6.25. The molecule has 6 heteroatoms. The van der Waals surface area contributed by atoms with Crippen molar-refractivity contribution in [3.8, 4) is 0 Å². The number of benzene rings is 1. The Hall–Kier alpha value is -1.72. The molecule has 21 heavy (non-hydrogen) atoms. The maximum absolute atomic E-state index is 13.7. The van der Waals surface area contributed by atoms with Crippen LogP contribution in [0, 0.1) is 12.7 Å². The Morgan fingerprint density at radius 3 is 2.90 bits per heavy atom. The van der Waals surface area contributed by atoms with E-state index in [0.717, 1.165) is 10.7 Å². The molecule has 0 fully saturated rings. The number of nitrogens with zero attached hydrogens (tertiary/aromatic N) is 2. The van der Waals surface area contributed by atoms with Gasteiger partial charge in [0.1, 0.15) is 5.82 Å². The van der Waals surface area contributed by atoms with Crippen molar-refractivity contribution in [1.82, 2.24) is 9.88 Å². The summed E-state index contributed by atoms with van der Waals surface area (Å²) < 4.78 is 13.7. The summed E-state index contributed by atoms with van der Waals surface area (Å²) >= 11 is 7.47. The molecule has 0 saturated carbocycles. The highest BCUT2D eigenvalue weighted by molar-refractivity contribution is 7.09. The zero-order valence-electron chi connectivity index (χ0n) is 11.6. The molecule has 0 radical (unpaired) electrons. The first kappa shape index (κ1) is 15.7. The van der Waals surface area contributed by atoms with Crippen molar-refractivity contribution in [3.63, 3.8) is 0 Å². The van der Waals surface area contributed by atoms with E-state index in [1.165, 1.54) is 34.4 Å². The number of likely N-dealkylation sites (N-methyl/N-ethyl adjacent to an activating group) is 1. The van der Waals surface area contributed by atoms with Crippen LogP contribution in [0.4, 0.5) is 4.39 Å². The van der Waals surface area contributed by atoms with E-state index in [1.807, 2.05) is 12.3 Å². The van der Waals surface area contributed by atoms with Crippen molar-refractivity contribution < 1.29 is 9.18 Å². The fourth-order valence-corrected chi connectivity index (χ4v) is 2.54. The van der Waals surface area contributed by atoms with E-state index in [1.54, 1.807) is 19.2 Å². The van der Waals surface area contributed by atoms with Crippen LogP contribution >= 0.6 is 22.9 Å². The van der Waals surface area contributed by atoms with Gasteiger partial charge in [-0.25, -0.2) is 9.37 Å². The quantitative estimate of drug-likeness (QED) is 0.799. The first-order valence-corrected chi connectivity index (χ1v) is 7.51. The van der Waals surface area contributed by atoms with E-state index in [0.29, 0.717) is 10.6 Å². The summed E-state index contributed by atoms with van der Waals surface area (Å²) in [5.74, 6) is -0.652. The summed E-state index contributed by atoms with van der Waals surface area (Å²) in [6, 6.07) is 4.47. The van der Waals surface area contributed by atoms with Crippen LogP contribution < -0.4 is 0 Å². The molecule has 1 aromatic heterocycles. The molecule has 0 aliphatic carbocycles. The minimum absolute atomic E-state index is 0.116. The lowest BCUT2D eigenvalue weighted by Crippen LogP contribution is -2.24. The van der Waals surface area contributed by atoms with Gasteiger partial charge in [0.2, 0.25) is 5.91 Å². The molecule has 0 bridgehead atoms. The molecule has 0 spiro atoms. The first-order chi connectivity index (χ1) is 9.97. The van der Waals surface area contributed by atoms with E-state index in [9.17, 15) is 9.18 Å². The summed E-state index contributed by atoms with van der Waals surface area (Å²) in [6.45, 7) is 2.01. The molecule has 1 amide bonds. The SMILES string of the molecule is Cc1nc(/C=C\C(=O)N(C)Cc2c(F)cccc2Cl)cs1. The van der Waals surface area contributed by atoms with Crippen LogP contribution in [0.1, 0.15) is 16.3 Å². The van der Waals surface area contributed by atoms with Crippen LogP contribution in [0.5, 0.6) is 0 Å². The molecule has 1 aromatic carbocycles. The third-order valence-corrected chi connectivity index (χ3v) is 4.01. The zero-order chi connectivity index (χ0) is 15.4. The highest BCUT2D eigenvalue weighted by atomic mass is 35.5. The number of hydrogen-bond acceptors (Lipinski definition) is 3. The lowest BCUT2D eigenvalue weighted by molar-refractivity contribution is -0.125. The Morgan fingerprint density at radius 2 is 2.29 bits per heavy atom.